The average Bonchev–Trinajstić information content (AvgIpc) is 4.42. The molecule has 0 N–H and O–H groups in total. The van der Waals surface area contributed by atoms with Gasteiger partial charge in [0, 0.05) is 65.8 Å². The summed E-state index contributed by atoms with van der Waals surface area (Å²) in [6, 6.07) is 99.0. The zero-order valence-electron chi connectivity index (χ0n) is 42.6. The van der Waals surface area contributed by atoms with Gasteiger partial charge in [-0.25, -0.2) is 0 Å². The summed E-state index contributed by atoms with van der Waals surface area (Å²) in [5, 5.41) is 10.1. The van der Waals surface area contributed by atoms with Crippen LogP contribution in [0.15, 0.2) is 267 Å². The average molecular weight is 993 g/mol. The van der Waals surface area contributed by atoms with Gasteiger partial charge in [0.25, 0.3) is 0 Å². The summed E-state index contributed by atoms with van der Waals surface area (Å²) >= 11 is 0. The van der Waals surface area contributed by atoms with E-state index in [4.69, 9.17) is 0 Å². The third-order valence-corrected chi connectivity index (χ3v) is 17.0. The van der Waals surface area contributed by atoms with Gasteiger partial charge in [-0.15, -0.1) is 0 Å². The molecule has 1 aliphatic rings. The summed E-state index contributed by atoms with van der Waals surface area (Å²) in [5.74, 6) is 0. The molecule has 17 rings (SSSR count). The highest BCUT2D eigenvalue weighted by molar-refractivity contribution is 6.17. The normalized spacial score (nSPS) is 12.5. The number of aryl methyl sites for hydroxylation is 2. The molecule has 16 aromatic rings. The number of rotatable bonds is 6. The maximum absolute atomic E-state index is 2.53. The summed E-state index contributed by atoms with van der Waals surface area (Å²) in [4.78, 5) is 0. The lowest BCUT2D eigenvalue weighted by Gasteiger charge is -2.23. The number of fused-ring (bicyclic) bond motifs is 16. The third-order valence-electron chi connectivity index (χ3n) is 17.0. The van der Waals surface area contributed by atoms with Crippen molar-refractivity contribution in [3.63, 3.8) is 0 Å². The van der Waals surface area contributed by atoms with Gasteiger partial charge in [-0.3, -0.25) is 0 Å². The number of para-hydroxylation sites is 6. The number of benzene rings is 12. The minimum atomic E-state index is 0.947. The molecule has 4 aromatic heterocycles. The van der Waals surface area contributed by atoms with E-state index < -0.39 is 0 Å². The van der Waals surface area contributed by atoms with E-state index in [1.54, 1.807) is 0 Å². The molecule has 0 bridgehead atoms. The van der Waals surface area contributed by atoms with Crippen molar-refractivity contribution >= 4 is 87.2 Å². The van der Waals surface area contributed by atoms with Crippen LogP contribution in [0.2, 0.25) is 0 Å². The molecular formula is C74H48N4. The van der Waals surface area contributed by atoms with Crippen molar-refractivity contribution < 1.29 is 0 Å². The van der Waals surface area contributed by atoms with Gasteiger partial charge in [-0.05, 0) is 179 Å². The van der Waals surface area contributed by atoms with Gasteiger partial charge in [0.2, 0.25) is 0 Å². The quantitative estimate of drug-likeness (QED) is 0.158. The molecule has 12 aromatic carbocycles. The molecular weight excluding hydrogens is 945 g/mol. The molecule has 4 heteroatoms. The smallest absolute Gasteiger partial charge is 0.0579 e. The minimum Gasteiger partial charge on any atom is -0.309 e. The van der Waals surface area contributed by atoms with Crippen LogP contribution in [0.25, 0.3) is 143 Å². The first-order valence-electron chi connectivity index (χ1n) is 27.2. The van der Waals surface area contributed by atoms with Crippen molar-refractivity contribution in [3.8, 4) is 56.1 Å². The van der Waals surface area contributed by atoms with E-state index in [-0.39, 0.29) is 0 Å². The molecule has 0 aliphatic heterocycles. The van der Waals surface area contributed by atoms with Gasteiger partial charge in [-0.1, -0.05) is 146 Å². The fourth-order valence-electron chi connectivity index (χ4n) is 13.6. The van der Waals surface area contributed by atoms with Crippen LogP contribution in [0.3, 0.4) is 0 Å². The predicted molar refractivity (Wildman–Crippen MR) is 328 cm³/mol. The van der Waals surface area contributed by atoms with Crippen LogP contribution < -0.4 is 0 Å². The SMILES string of the molecule is c1ccc(-n2c3ccccc3c3cc(-c4ccc5c(c4)c4cc6c(cc4n5-c4ccccc4)-c4ccc5c7cc(-c8ccc9c(c8)c8ccccc8n9-c8ccccc8)ccc7n(-c7ccccc7)c5c4CC6)ccc32)cc1. The van der Waals surface area contributed by atoms with E-state index in [0.29, 0.717) is 0 Å². The maximum atomic E-state index is 2.53. The fraction of sp³-hybridized carbons (Fsp3) is 0.0270. The summed E-state index contributed by atoms with van der Waals surface area (Å²) in [7, 11) is 0. The second kappa shape index (κ2) is 16.7. The Balaban J connectivity index is 0.833. The largest absolute Gasteiger partial charge is 0.309 e. The van der Waals surface area contributed by atoms with Gasteiger partial charge >= 0.3 is 0 Å². The fourth-order valence-corrected chi connectivity index (χ4v) is 13.6. The molecule has 0 radical (unpaired) electrons. The number of aromatic nitrogens is 4. The van der Waals surface area contributed by atoms with Gasteiger partial charge in [0.1, 0.15) is 0 Å². The van der Waals surface area contributed by atoms with Crippen LogP contribution >= 0.6 is 0 Å². The van der Waals surface area contributed by atoms with E-state index in [1.807, 2.05) is 0 Å². The van der Waals surface area contributed by atoms with Crippen molar-refractivity contribution in [1.29, 1.82) is 0 Å². The Morgan fingerprint density at radius 3 is 1.05 bits per heavy atom. The van der Waals surface area contributed by atoms with Gasteiger partial charge in [-0.2, -0.15) is 0 Å². The molecule has 1 aliphatic carbocycles. The van der Waals surface area contributed by atoms with Crippen LogP contribution in [-0.4, -0.2) is 18.3 Å². The van der Waals surface area contributed by atoms with E-state index in [0.717, 1.165) is 18.5 Å². The molecule has 364 valence electrons. The standard InChI is InChI=1S/C74H48N4/c1-5-17-52(18-6-1)75-67-27-15-13-25-57(67)62-41-47(30-37-69(62)75)49-33-40-72-64(43-49)60-36-35-56-59(74(60)78(72)55-23-11-4-12-24-55)34-29-51-45-66-65-44-50(32-39-71(65)77(73(66)46-61(51)56)54-21-9-3-10-22-54)48-31-38-70-63(42-48)58-26-14-16-28-68(58)76(70)53-19-7-2-8-20-53/h1-28,30-33,35-46H,29,34H2. The second-order valence-electron chi connectivity index (χ2n) is 21.2. The van der Waals surface area contributed by atoms with Crippen LogP contribution in [-0.2, 0) is 12.8 Å². The van der Waals surface area contributed by atoms with E-state index in [9.17, 15) is 0 Å². The Hall–Kier alpha value is -10.2. The van der Waals surface area contributed by atoms with Crippen LogP contribution in [0.5, 0.6) is 0 Å². The van der Waals surface area contributed by atoms with Gasteiger partial charge in [0.05, 0.1) is 44.1 Å². The third kappa shape index (κ3) is 6.29. The molecule has 4 heterocycles. The Morgan fingerprint density at radius 1 is 0.218 bits per heavy atom. The highest BCUT2D eigenvalue weighted by Gasteiger charge is 2.26. The Kier molecular flexibility index (Phi) is 9.21. The first kappa shape index (κ1) is 43.1. The summed E-state index contributed by atoms with van der Waals surface area (Å²) < 4.78 is 9.80. The lowest BCUT2D eigenvalue weighted by atomic mass is 9.83. The lowest BCUT2D eigenvalue weighted by Crippen LogP contribution is -2.07. The van der Waals surface area contributed by atoms with Crippen LogP contribution in [0.4, 0.5) is 0 Å². The number of nitrogens with zero attached hydrogens (tertiary/aromatic N) is 4. The molecule has 0 saturated heterocycles. The van der Waals surface area contributed by atoms with Crippen molar-refractivity contribution in [2.45, 2.75) is 12.8 Å². The van der Waals surface area contributed by atoms with Gasteiger partial charge in [0.15, 0.2) is 0 Å². The van der Waals surface area contributed by atoms with E-state index in [1.165, 1.54) is 149 Å². The predicted octanol–water partition coefficient (Wildman–Crippen LogP) is 19.2. The van der Waals surface area contributed by atoms with Crippen molar-refractivity contribution in [2.24, 2.45) is 0 Å². The van der Waals surface area contributed by atoms with Crippen molar-refractivity contribution in [3.05, 3.63) is 278 Å². The van der Waals surface area contributed by atoms with E-state index in [2.05, 4.69) is 285 Å². The molecule has 0 unspecified atom stereocenters. The second-order valence-corrected chi connectivity index (χ2v) is 21.2. The monoisotopic (exact) mass is 992 g/mol. The summed E-state index contributed by atoms with van der Waals surface area (Å²) in [6.45, 7) is 0. The summed E-state index contributed by atoms with van der Waals surface area (Å²) in [5.41, 5.74) is 24.8. The minimum absolute atomic E-state index is 0.947. The molecule has 0 spiro atoms. The molecule has 0 saturated carbocycles. The van der Waals surface area contributed by atoms with E-state index >= 15 is 0 Å². The first-order valence-corrected chi connectivity index (χ1v) is 27.2. The lowest BCUT2D eigenvalue weighted by molar-refractivity contribution is 0.944. The maximum Gasteiger partial charge on any atom is 0.0579 e. The molecule has 0 atom stereocenters. The molecule has 4 nitrogen and oxygen atoms in total. The van der Waals surface area contributed by atoms with Gasteiger partial charge < -0.3 is 18.3 Å². The van der Waals surface area contributed by atoms with Crippen LogP contribution in [0, 0.1) is 0 Å². The highest BCUT2D eigenvalue weighted by Crippen LogP contribution is 2.47. The molecule has 0 fully saturated rings. The Labute approximate surface area is 450 Å². The zero-order chi connectivity index (χ0) is 51.0. The Morgan fingerprint density at radius 2 is 0.577 bits per heavy atom. The van der Waals surface area contributed by atoms with Crippen molar-refractivity contribution in [1.82, 2.24) is 18.3 Å². The first-order chi connectivity index (χ1) is 38.7. The highest BCUT2D eigenvalue weighted by atomic mass is 15.0. The number of hydrogen-bond donors (Lipinski definition) is 0. The molecule has 0 amide bonds. The zero-order valence-corrected chi connectivity index (χ0v) is 42.6. The van der Waals surface area contributed by atoms with Crippen LogP contribution in [0.1, 0.15) is 11.1 Å². The summed E-state index contributed by atoms with van der Waals surface area (Å²) in [6.07, 6.45) is 1.90. The topological polar surface area (TPSA) is 19.7 Å². The molecule has 78 heavy (non-hydrogen) atoms. The number of hydrogen-bond acceptors (Lipinski definition) is 0. The van der Waals surface area contributed by atoms with Crippen molar-refractivity contribution in [2.75, 3.05) is 0 Å². The Bertz CT molecular complexity index is 4940.